The Kier molecular flexibility index (Phi) is 5.61. The van der Waals surface area contributed by atoms with Crippen molar-refractivity contribution in [1.29, 1.82) is 0 Å². The highest BCUT2D eigenvalue weighted by molar-refractivity contribution is 5.85. The van der Waals surface area contributed by atoms with Gasteiger partial charge in [-0.25, -0.2) is 4.39 Å². The summed E-state index contributed by atoms with van der Waals surface area (Å²) in [6.07, 6.45) is 1.59. The zero-order valence-corrected chi connectivity index (χ0v) is 12.9. The molecule has 0 bridgehead atoms. The second-order valence-corrected chi connectivity index (χ2v) is 5.44. The molecule has 0 aromatic heterocycles. The van der Waals surface area contributed by atoms with E-state index in [4.69, 9.17) is 15.2 Å². The van der Waals surface area contributed by atoms with Crippen LogP contribution in [-0.2, 0) is 9.53 Å². The molecule has 0 spiro atoms. The number of benzene rings is 1. The van der Waals surface area contributed by atoms with Crippen LogP contribution >= 0.6 is 12.4 Å². The summed E-state index contributed by atoms with van der Waals surface area (Å²) in [4.78, 5) is 12.3. The standard InChI is InChI=1S/C15H19FN2O3.ClH/c16-9-1-3-13-11(7-9)12(5-6-20-13)18-15(19)14-4-2-10(8-17)21-14;/h1,3,7,10,12,14H,2,4-6,8,17H2,(H,18,19);1H/t10-,12?,14+;/m1./s1. The van der Waals surface area contributed by atoms with Gasteiger partial charge in [-0.05, 0) is 31.0 Å². The minimum Gasteiger partial charge on any atom is -0.493 e. The third kappa shape index (κ3) is 3.51. The number of carbonyl (C=O) groups is 1. The molecular formula is C15H20ClFN2O3. The SMILES string of the molecule is Cl.NC[C@H]1CC[C@@H](C(=O)NC2CCOc3ccc(F)cc32)O1. The summed E-state index contributed by atoms with van der Waals surface area (Å²) in [5, 5.41) is 2.94. The largest absolute Gasteiger partial charge is 0.493 e. The molecule has 0 aliphatic carbocycles. The Balaban J connectivity index is 0.00000176. The lowest BCUT2D eigenvalue weighted by Gasteiger charge is -2.27. The van der Waals surface area contributed by atoms with Crippen molar-refractivity contribution in [3.05, 3.63) is 29.6 Å². The Morgan fingerprint density at radius 1 is 1.36 bits per heavy atom. The van der Waals surface area contributed by atoms with Crippen LogP contribution in [0.4, 0.5) is 4.39 Å². The lowest BCUT2D eigenvalue weighted by Crippen LogP contribution is -2.39. The van der Waals surface area contributed by atoms with Crippen LogP contribution in [0, 0.1) is 5.82 Å². The van der Waals surface area contributed by atoms with Gasteiger partial charge >= 0.3 is 0 Å². The molecule has 1 unspecified atom stereocenters. The third-order valence-corrected chi connectivity index (χ3v) is 3.99. The van der Waals surface area contributed by atoms with Crippen molar-refractivity contribution >= 4 is 18.3 Å². The Labute approximate surface area is 134 Å². The van der Waals surface area contributed by atoms with E-state index in [2.05, 4.69) is 5.32 Å². The lowest BCUT2D eigenvalue weighted by atomic mass is 10.00. The van der Waals surface area contributed by atoms with Gasteiger partial charge < -0.3 is 20.5 Å². The maximum absolute atomic E-state index is 13.4. The van der Waals surface area contributed by atoms with E-state index in [1.54, 1.807) is 6.07 Å². The molecule has 1 aromatic carbocycles. The predicted molar refractivity (Wildman–Crippen MR) is 81.6 cm³/mol. The first-order chi connectivity index (χ1) is 10.2. The van der Waals surface area contributed by atoms with E-state index in [0.29, 0.717) is 37.3 Å². The van der Waals surface area contributed by atoms with Crippen LogP contribution in [0.15, 0.2) is 18.2 Å². The average molecular weight is 331 g/mol. The van der Waals surface area contributed by atoms with Crippen molar-refractivity contribution in [1.82, 2.24) is 5.32 Å². The number of rotatable bonds is 3. The first kappa shape index (κ1) is 17.0. The first-order valence-corrected chi connectivity index (χ1v) is 7.25. The minimum atomic E-state index is -0.460. The van der Waals surface area contributed by atoms with Gasteiger partial charge in [-0.3, -0.25) is 4.79 Å². The molecule has 7 heteroatoms. The molecule has 3 rings (SSSR count). The van der Waals surface area contributed by atoms with Gasteiger partial charge in [0.15, 0.2) is 0 Å². The Morgan fingerprint density at radius 2 is 2.18 bits per heavy atom. The molecule has 1 aromatic rings. The molecule has 22 heavy (non-hydrogen) atoms. The van der Waals surface area contributed by atoms with Gasteiger partial charge in [0.25, 0.3) is 0 Å². The van der Waals surface area contributed by atoms with E-state index in [-0.39, 0.29) is 36.3 Å². The fraction of sp³-hybridized carbons (Fsp3) is 0.533. The van der Waals surface area contributed by atoms with E-state index in [0.717, 1.165) is 6.42 Å². The number of hydrogen-bond donors (Lipinski definition) is 2. The quantitative estimate of drug-likeness (QED) is 0.884. The van der Waals surface area contributed by atoms with Crippen molar-refractivity contribution in [3.8, 4) is 5.75 Å². The number of carbonyl (C=O) groups excluding carboxylic acids is 1. The van der Waals surface area contributed by atoms with E-state index >= 15 is 0 Å². The van der Waals surface area contributed by atoms with Crippen molar-refractivity contribution in [2.75, 3.05) is 13.2 Å². The molecule has 3 atom stereocenters. The van der Waals surface area contributed by atoms with Crippen molar-refractivity contribution in [2.24, 2.45) is 5.73 Å². The summed E-state index contributed by atoms with van der Waals surface area (Å²) in [5.74, 6) is 0.131. The molecule has 122 valence electrons. The maximum atomic E-state index is 13.4. The molecule has 0 radical (unpaired) electrons. The smallest absolute Gasteiger partial charge is 0.249 e. The van der Waals surface area contributed by atoms with Crippen molar-refractivity contribution in [2.45, 2.75) is 37.5 Å². The fourth-order valence-corrected chi connectivity index (χ4v) is 2.85. The Morgan fingerprint density at radius 3 is 2.91 bits per heavy atom. The maximum Gasteiger partial charge on any atom is 0.249 e. The lowest BCUT2D eigenvalue weighted by molar-refractivity contribution is -0.132. The monoisotopic (exact) mass is 330 g/mol. The van der Waals surface area contributed by atoms with Gasteiger partial charge in [0.05, 0.1) is 18.8 Å². The number of hydrogen-bond acceptors (Lipinski definition) is 4. The zero-order chi connectivity index (χ0) is 14.8. The fourth-order valence-electron chi connectivity index (χ4n) is 2.85. The minimum absolute atomic E-state index is 0. The third-order valence-electron chi connectivity index (χ3n) is 3.99. The molecule has 5 nitrogen and oxygen atoms in total. The van der Waals surface area contributed by atoms with Crippen LogP contribution in [0.5, 0.6) is 5.75 Å². The summed E-state index contributed by atoms with van der Waals surface area (Å²) in [6, 6.07) is 4.13. The van der Waals surface area contributed by atoms with E-state index < -0.39 is 6.10 Å². The molecular weight excluding hydrogens is 311 g/mol. The van der Waals surface area contributed by atoms with Crippen LogP contribution in [0.1, 0.15) is 30.9 Å². The van der Waals surface area contributed by atoms with E-state index in [1.807, 2.05) is 0 Å². The molecule has 0 saturated carbocycles. The molecule has 1 saturated heterocycles. The van der Waals surface area contributed by atoms with Crippen LogP contribution in [0.3, 0.4) is 0 Å². The number of ether oxygens (including phenoxy) is 2. The second-order valence-electron chi connectivity index (χ2n) is 5.44. The summed E-state index contributed by atoms with van der Waals surface area (Å²) in [7, 11) is 0. The number of halogens is 2. The zero-order valence-electron chi connectivity index (χ0n) is 12.1. The molecule has 1 amide bonds. The normalized spacial score (nSPS) is 26.5. The molecule has 2 aliphatic rings. The average Bonchev–Trinajstić information content (AvgIpc) is 2.97. The van der Waals surface area contributed by atoms with Crippen LogP contribution < -0.4 is 15.8 Å². The van der Waals surface area contributed by atoms with Gasteiger partial charge in [0, 0.05) is 18.5 Å². The van der Waals surface area contributed by atoms with Gasteiger partial charge in [-0.1, -0.05) is 0 Å². The van der Waals surface area contributed by atoms with Crippen molar-refractivity contribution in [3.63, 3.8) is 0 Å². The molecule has 2 aliphatic heterocycles. The Bertz CT molecular complexity index is 544. The summed E-state index contributed by atoms with van der Waals surface area (Å²) < 4.78 is 24.5. The highest BCUT2D eigenvalue weighted by Crippen LogP contribution is 2.33. The van der Waals surface area contributed by atoms with Gasteiger partial charge in [-0.15, -0.1) is 12.4 Å². The summed E-state index contributed by atoms with van der Waals surface area (Å²) >= 11 is 0. The number of fused-ring (bicyclic) bond motifs is 1. The van der Waals surface area contributed by atoms with Crippen LogP contribution in [0.25, 0.3) is 0 Å². The van der Waals surface area contributed by atoms with E-state index in [1.165, 1.54) is 12.1 Å². The van der Waals surface area contributed by atoms with Gasteiger partial charge in [0.2, 0.25) is 5.91 Å². The first-order valence-electron chi connectivity index (χ1n) is 7.25. The highest BCUT2D eigenvalue weighted by Gasteiger charge is 2.32. The van der Waals surface area contributed by atoms with Gasteiger partial charge in [0.1, 0.15) is 17.7 Å². The molecule has 2 heterocycles. The topological polar surface area (TPSA) is 73.6 Å². The summed E-state index contributed by atoms with van der Waals surface area (Å²) in [6.45, 7) is 0.926. The van der Waals surface area contributed by atoms with Gasteiger partial charge in [-0.2, -0.15) is 0 Å². The number of nitrogens with one attached hydrogen (secondary N) is 1. The van der Waals surface area contributed by atoms with E-state index in [9.17, 15) is 9.18 Å². The Hall–Kier alpha value is -1.37. The number of nitrogens with two attached hydrogens (primary N) is 1. The molecule has 3 N–H and O–H groups in total. The number of amides is 1. The highest BCUT2D eigenvalue weighted by atomic mass is 35.5. The summed E-state index contributed by atoms with van der Waals surface area (Å²) in [5.41, 5.74) is 6.23. The van der Waals surface area contributed by atoms with Crippen LogP contribution in [-0.4, -0.2) is 31.3 Å². The predicted octanol–water partition coefficient (Wildman–Crippen LogP) is 1.69. The van der Waals surface area contributed by atoms with Crippen LogP contribution in [0.2, 0.25) is 0 Å². The van der Waals surface area contributed by atoms with Crippen molar-refractivity contribution < 1.29 is 18.7 Å². The second kappa shape index (κ2) is 7.26. The molecule has 1 fully saturated rings.